The van der Waals surface area contributed by atoms with E-state index in [0.717, 1.165) is 0 Å². The Balaban J connectivity index is -0.000000000333. The molecule has 0 rings (SSSR count). The summed E-state index contributed by atoms with van der Waals surface area (Å²) < 4.78 is 8.06. The van der Waals surface area contributed by atoms with Gasteiger partial charge in [0.2, 0.25) is 0 Å². The molecule has 44 valence electrons. The third-order valence-electron chi connectivity index (χ3n) is 0. The fourth-order valence-corrected chi connectivity index (χ4v) is 0. The van der Waals surface area contributed by atoms with Gasteiger partial charge >= 0.3 is 94.9 Å². The van der Waals surface area contributed by atoms with Crippen LogP contribution >= 0.6 is 0 Å². The van der Waals surface area contributed by atoms with Crippen molar-refractivity contribution < 1.29 is 125 Å². The van der Waals surface area contributed by atoms with Gasteiger partial charge in [-0.05, 0) is 0 Å². The van der Waals surface area contributed by atoms with Gasteiger partial charge in [0.05, 0.1) is 0 Å². The van der Waals surface area contributed by atoms with E-state index in [1.165, 1.54) is 0 Å². The van der Waals surface area contributed by atoms with Crippen molar-refractivity contribution in [3.63, 3.8) is 0 Å². The Morgan fingerprint density at radius 3 is 1.12 bits per heavy atom. The second-order valence-electron chi connectivity index (χ2n) is 0. The molecule has 0 N–H and O–H groups in total. The molecule has 1 radical (unpaired) electrons. The van der Waals surface area contributed by atoms with Gasteiger partial charge in [-0.2, -0.15) is 0 Å². The standard InChI is InChI=1S/Ba.Bi.Fe.Mn.Nd.O.Sc.Ti.5H. The van der Waals surface area contributed by atoms with E-state index in [0.29, 0.717) is 0 Å². The Kier molecular flexibility index (Phi) is 304. The molecule has 0 aliphatic rings. The minimum atomic E-state index is 0. The number of hydrogen-bond acceptors (Lipinski definition) is 1. The van der Waals surface area contributed by atoms with Gasteiger partial charge < -0.3 is 0 Å². The summed E-state index contributed by atoms with van der Waals surface area (Å²) in [5.41, 5.74) is 0. The van der Waals surface area contributed by atoms with Crippen molar-refractivity contribution in [3.05, 3.63) is 0 Å². The topological polar surface area (TPSA) is 17.1 Å². The normalized spacial score (nSPS) is 0.500. The van der Waals surface area contributed by atoms with Crippen molar-refractivity contribution in [3.8, 4) is 0 Å². The zero-order valence-electron chi connectivity index (χ0n) is 3.42. The molecule has 0 saturated heterocycles. The molecular weight excluding hydrogens is 710 g/mol. The predicted octanol–water partition coefficient (Wildman–Crippen LogP) is -2.23. The first kappa shape index (κ1) is 47.7. The van der Waals surface area contributed by atoms with Gasteiger partial charge in [-0.25, -0.2) is 0 Å². The molecule has 1 nitrogen and oxygen atoms in total. The third-order valence-corrected chi connectivity index (χ3v) is 0. The van der Waals surface area contributed by atoms with Crippen LogP contribution in [0.5, 0.6) is 0 Å². The SMILES string of the molecule is [BaH2].[BiH3].[Fe].[Nd].[O]=[Mn].[Sc].[Ti]. The van der Waals surface area contributed by atoms with Crippen LogP contribution in [0, 0.1) is 40.8 Å². The summed E-state index contributed by atoms with van der Waals surface area (Å²) in [7, 11) is 0. The van der Waals surface area contributed by atoms with E-state index in [1.54, 1.807) is 15.9 Å². The first-order valence-electron chi connectivity index (χ1n) is 0.154. The molecule has 0 aromatic carbocycles. The Hall–Kier alpha value is 6.23. The van der Waals surface area contributed by atoms with Crippen LogP contribution in [0.4, 0.5) is 0 Å². The Morgan fingerprint density at radius 1 is 1.12 bits per heavy atom. The van der Waals surface area contributed by atoms with Crippen LogP contribution in [-0.4, -0.2) is 75.1 Å². The van der Waals surface area contributed by atoms with Gasteiger partial charge in [-0.15, -0.1) is 0 Å². The van der Waals surface area contributed by atoms with E-state index in [1.807, 2.05) is 0 Å². The molecule has 8 heavy (non-hydrogen) atoms. The van der Waals surface area contributed by atoms with Gasteiger partial charge in [0.1, 0.15) is 0 Å². The molecule has 0 aliphatic carbocycles. The summed E-state index contributed by atoms with van der Waals surface area (Å²) in [6.07, 6.45) is 0. The van der Waals surface area contributed by atoms with Crippen LogP contribution < -0.4 is 0 Å². The molecular formula is H5BaBiFeMnNdOScTi. The molecule has 0 heterocycles. The van der Waals surface area contributed by atoms with Crippen LogP contribution in [0.15, 0.2) is 0 Å². The second kappa shape index (κ2) is 51.0. The number of rotatable bonds is 0. The molecule has 0 amide bonds. The molecule has 0 saturated carbocycles. The molecule has 0 fully saturated rings. The Bertz CT molecular complexity index is 24.0. The first-order valence-corrected chi connectivity index (χ1v) is 0.636. The van der Waals surface area contributed by atoms with E-state index < -0.39 is 0 Å². The van der Waals surface area contributed by atoms with Gasteiger partial charge in [0.15, 0.2) is 0 Å². The largest absolute Gasteiger partial charge is 0 e. The average Bonchev–Trinajstić information content (AvgIpc) is 1.00. The molecule has 0 bridgehead atoms. The quantitative estimate of drug-likeness (QED) is 0.260. The van der Waals surface area contributed by atoms with Crippen LogP contribution in [0.2, 0.25) is 0 Å². The maximum absolute atomic E-state index is 8.06. The van der Waals surface area contributed by atoms with Crippen LogP contribution in [-0.2, 0) is 84.4 Å². The Morgan fingerprint density at radius 2 is 1.12 bits per heavy atom. The minimum Gasteiger partial charge on any atom is 0 e. The summed E-state index contributed by atoms with van der Waals surface area (Å²) in [6, 6.07) is 0. The van der Waals surface area contributed by atoms with Crippen molar-refractivity contribution in [2.24, 2.45) is 0 Å². The first-order chi connectivity index (χ1) is 1.00. The van der Waals surface area contributed by atoms with Crippen molar-refractivity contribution in [1.29, 1.82) is 0 Å². The van der Waals surface area contributed by atoms with E-state index in [-0.39, 0.29) is 181 Å². The maximum atomic E-state index is 8.06. The molecule has 0 aromatic rings. The van der Waals surface area contributed by atoms with E-state index in [4.69, 9.17) is 3.83 Å². The summed E-state index contributed by atoms with van der Waals surface area (Å²) >= 11 is 1.69. The molecule has 0 atom stereocenters. The molecule has 0 spiro atoms. The van der Waals surface area contributed by atoms with Crippen molar-refractivity contribution in [2.75, 3.05) is 0 Å². The van der Waals surface area contributed by atoms with Crippen LogP contribution in [0.25, 0.3) is 0 Å². The second-order valence-corrected chi connectivity index (χ2v) is 0. The summed E-state index contributed by atoms with van der Waals surface area (Å²) in [4.78, 5) is 0. The summed E-state index contributed by atoms with van der Waals surface area (Å²) in [5, 5.41) is 0. The van der Waals surface area contributed by atoms with E-state index >= 15 is 0 Å². The van der Waals surface area contributed by atoms with Crippen LogP contribution in [0.3, 0.4) is 0 Å². The fourth-order valence-electron chi connectivity index (χ4n) is 0. The zero-order chi connectivity index (χ0) is 2.00. The summed E-state index contributed by atoms with van der Waals surface area (Å²) in [5.74, 6) is 0. The van der Waals surface area contributed by atoms with Crippen molar-refractivity contribution in [2.45, 2.75) is 0 Å². The zero-order valence-corrected chi connectivity index (χ0v) is 17.8. The molecule has 0 unspecified atom stereocenters. The van der Waals surface area contributed by atoms with Gasteiger partial charge in [-0.3, -0.25) is 0 Å². The predicted molar refractivity (Wildman–Crippen MR) is 19.2 cm³/mol. The monoisotopic (exact) mass is 714 g/mol. The smallest absolute Gasteiger partial charge is 0 e. The summed E-state index contributed by atoms with van der Waals surface area (Å²) in [6.45, 7) is 0. The van der Waals surface area contributed by atoms with Crippen molar-refractivity contribution >= 4 is 75.1 Å². The molecule has 8 heteroatoms. The molecule has 0 aliphatic heterocycles. The van der Waals surface area contributed by atoms with E-state index in [2.05, 4.69) is 0 Å². The average molecular weight is 715 g/mol. The fraction of sp³-hybridized carbons (Fsp3) is 0. The van der Waals surface area contributed by atoms with Gasteiger partial charge in [0.25, 0.3) is 0 Å². The number of hydrogen-bond donors (Lipinski definition) is 0. The van der Waals surface area contributed by atoms with Gasteiger partial charge in [-0.1, -0.05) is 0 Å². The van der Waals surface area contributed by atoms with Gasteiger partial charge in [0, 0.05) is 105 Å². The van der Waals surface area contributed by atoms with E-state index in [9.17, 15) is 0 Å². The third kappa shape index (κ3) is 39.7. The maximum Gasteiger partial charge on any atom is 0 e. The van der Waals surface area contributed by atoms with Crippen molar-refractivity contribution in [1.82, 2.24) is 0 Å². The molecule has 0 aromatic heterocycles. The Labute approximate surface area is 194 Å². The minimum absolute atomic E-state index is 0. The van der Waals surface area contributed by atoms with Crippen LogP contribution in [0.1, 0.15) is 0 Å².